The van der Waals surface area contributed by atoms with Gasteiger partial charge in [-0.25, -0.2) is 4.79 Å². The summed E-state index contributed by atoms with van der Waals surface area (Å²) in [6, 6.07) is 16.2. The van der Waals surface area contributed by atoms with Crippen LogP contribution in [0.15, 0.2) is 48.5 Å². The molecule has 0 bridgehead atoms. The van der Waals surface area contributed by atoms with E-state index in [0.29, 0.717) is 6.54 Å². The van der Waals surface area contributed by atoms with Gasteiger partial charge in [0.2, 0.25) is 0 Å². The lowest BCUT2D eigenvalue weighted by atomic mass is 10.1. The second kappa shape index (κ2) is 8.07. The van der Waals surface area contributed by atoms with Gasteiger partial charge in [0.1, 0.15) is 5.82 Å². The number of urea groups is 1. The van der Waals surface area contributed by atoms with Crippen molar-refractivity contribution >= 4 is 11.7 Å². The summed E-state index contributed by atoms with van der Waals surface area (Å²) in [5.41, 5.74) is 4.42. The van der Waals surface area contributed by atoms with Crippen LogP contribution in [0, 0.1) is 20.8 Å². The van der Waals surface area contributed by atoms with Gasteiger partial charge in [-0.3, -0.25) is 0 Å². The zero-order valence-corrected chi connectivity index (χ0v) is 17.2. The number of carbonyl (C=O) groups excluding carboxylic acids is 1. The SMILES string of the molecule is Cc1ccc(Cn2c(C)nnc2[C@H]2CCCN2C(=O)Nc2ccc(C)cc2)cc1. The molecule has 0 unspecified atom stereocenters. The number of amides is 2. The van der Waals surface area contributed by atoms with E-state index in [9.17, 15) is 4.79 Å². The molecular formula is C23H27N5O. The maximum atomic E-state index is 13.0. The molecule has 1 saturated heterocycles. The number of hydrogen-bond donors (Lipinski definition) is 1. The predicted molar refractivity (Wildman–Crippen MR) is 114 cm³/mol. The normalized spacial score (nSPS) is 16.2. The summed E-state index contributed by atoms with van der Waals surface area (Å²) in [7, 11) is 0. The Kier molecular flexibility index (Phi) is 5.34. The average molecular weight is 390 g/mol. The van der Waals surface area contributed by atoms with Gasteiger partial charge < -0.3 is 14.8 Å². The molecule has 0 saturated carbocycles. The van der Waals surface area contributed by atoms with Crippen LogP contribution >= 0.6 is 0 Å². The Morgan fingerprint density at radius 3 is 2.34 bits per heavy atom. The highest BCUT2D eigenvalue weighted by Crippen LogP contribution is 2.32. The Morgan fingerprint density at radius 1 is 1.00 bits per heavy atom. The van der Waals surface area contributed by atoms with Crippen molar-refractivity contribution in [2.45, 2.75) is 46.2 Å². The molecule has 1 N–H and O–H groups in total. The highest BCUT2D eigenvalue weighted by molar-refractivity contribution is 5.89. The topological polar surface area (TPSA) is 63.1 Å². The third kappa shape index (κ3) is 4.16. The smallest absolute Gasteiger partial charge is 0.314 e. The van der Waals surface area contributed by atoms with Crippen molar-refractivity contribution in [3.8, 4) is 0 Å². The number of benzene rings is 2. The minimum Gasteiger partial charge on any atom is -0.314 e. The molecule has 1 aliphatic heterocycles. The third-order valence-electron chi connectivity index (χ3n) is 5.54. The van der Waals surface area contributed by atoms with Gasteiger partial charge in [-0.2, -0.15) is 0 Å². The van der Waals surface area contributed by atoms with E-state index in [1.54, 1.807) is 0 Å². The lowest BCUT2D eigenvalue weighted by Crippen LogP contribution is -2.35. The minimum atomic E-state index is -0.0844. The monoisotopic (exact) mass is 389 g/mol. The van der Waals surface area contributed by atoms with E-state index in [1.165, 1.54) is 16.7 Å². The molecule has 2 amide bonds. The van der Waals surface area contributed by atoms with Gasteiger partial charge in [0.25, 0.3) is 0 Å². The largest absolute Gasteiger partial charge is 0.322 e. The number of likely N-dealkylation sites (tertiary alicyclic amines) is 1. The molecule has 1 atom stereocenters. The Hall–Kier alpha value is -3.15. The molecule has 2 aromatic carbocycles. The fourth-order valence-corrected chi connectivity index (χ4v) is 3.83. The Balaban J connectivity index is 1.55. The van der Waals surface area contributed by atoms with Crippen molar-refractivity contribution in [2.24, 2.45) is 0 Å². The average Bonchev–Trinajstić information content (AvgIpc) is 3.33. The zero-order valence-electron chi connectivity index (χ0n) is 17.2. The Bertz CT molecular complexity index is 991. The number of aromatic nitrogens is 3. The predicted octanol–water partition coefficient (Wildman–Crippen LogP) is 4.62. The first-order valence-electron chi connectivity index (χ1n) is 10.1. The van der Waals surface area contributed by atoms with Gasteiger partial charge in [-0.15, -0.1) is 10.2 Å². The molecule has 0 aliphatic carbocycles. The number of rotatable bonds is 4. The molecule has 1 aromatic heterocycles. The van der Waals surface area contributed by atoms with Gasteiger partial charge in [-0.05, 0) is 51.3 Å². The van der Waals surface area contributed by atoms with Crippen molar-refractivity contribution in [1.82, 2.24) is 19.7 Å². The summed E-state index contributed by atoms with van der Waals surface area (Å²) in [4.78, 5) is 14.8. The number of hydrogen-bond acceptors (Lipinski definition) is 3. The van der Waals surface area contributed by atoms with Gasteiger partial charge in [-0.1, -0.05) is 47.5 Å². The van der Waals surface area contributed by atoms with E-state index >= 15 is 0 Å². The molecule has 0 spiro atoms. The highest BCUT2D eigenvalue weighted by Gasteiger charge is 2.34. The standard InChI is InChI=1S/C23H27N5O/c1-16-6-10-19(11-7-16)15-28-18(3)25-26-22(28)21-5-4-14-27(21)23(29)24-20-12-8-17(2)9-13-20/h6-13,21H,4-5,14-15H2,1-3H3,(H,24,29)/t21-/m1/s1. The summed E-state index contributed by atoms with van der Waals surface area (Å²) < 4.78 is 2.13. The maximum Gasteiger partial charge on any atom is 0.322 e. The van der Waals surface area contributed by atoms with E-state index in [0.717, 1.165) is 36.7 Å². The van der Waals surface area contributed by atoms with Crippen LogP contribution in [0.2, 0.25) is 0 Å². The van der Waals surface area contributed by atoms with Crippen LogP contribution in [0.3, 0.4) is 0 Å². The van der Waals surface area contributed by atoms with Crippen LogP contribution in [0.4, 0.5) is 10.5 Å². The zero-order chi connectivity index (χ0) is 20.4. The third-order valence-corrected chi connectivity index (χ3v) is 5.54. The molecule has 4 rings (SSSR count). The fourth-order valence-electron chi connectivity index (χ4n) is 3.83. The van der Waals surface area contributed by atoms with Crippen LogP contribution < -0.4 is 5.32 Å². The molecule has 1 fully saturated rings. The lowest BCUT2D eigenvalue weighted by molar-refractivity contribution is 0.204. The molecule has 2 heterocycles. The van der Waals surface area contributed by atoms with Crippen molar-refractivity contribution in [3.05, 3.63) is 76.9 Å². The van der Waals surface area contributed by atoms with Gasteiger partial charge in [0.05, 0.1) is 12.6 Å². The quantitative estimate of drug-likeness (QED) is 0.708. The molecular weight excluding hydrogens is 362 g/mol. The van der Waals surface area contributed by atoms with Crippen molar-refractivity contribution in [1.29, 1.82) is 0 Å². The minimum absolute atomic E-state index is 0.0629. The Morgan fingerprint density at radius 2 is 1.66 bits per heavy atom. The van der Waals surface area contributed by atoms with E-state index in [2.05, 4.69) is 51.3 Å². The van der Waals surface area contributed by atoms with Gasteiger partial charge in [0.15, 0.2) is 5.82 Å². The van der Waals surface area contributed by atoms with E-state index in [4.69, 9.17) is 0 Å². The molecule has 6 heteroatoms. The van der Waals surface area contributed by atoms with E-state index < -0.39 is 0 Å². The molecule has 6 nitrogen and oxygen atoms in total. The van der Waals surface area contributed by atoms with Gasteiger partial charge >= 0.3 is 6.03 Å². The molecule has 0 radical (unpaired) electrons. The second-order valence-corrected chi connectivity index (χ2v) is 7.82. The number of anilines is 1. The van der Waals surface area contributed by atoms with E-state index in [1.807, 2.05) is 43.0 Å². The van der Waals surface area contributed by atoms with Crippen LogP contribution in [-0.4, -0.2) is 32.2 Å². The van der Waals surface area contributed by atoms with Crippen molar-refractivity contribution < 1.29 is 4.79 Å². The summed E-state index contributed by atoms with van der Waals surface area (Å²) >= 11 is 0. The molecule has 29 heavy (non-hydrogen) atoms. The number of nitrogens with one attached hydrogen (secondary N) is 1. The first-order valence-corrected chi connectivity index (χ1v) is 10.1. The van der Waals surface area contributed by atoms with E-state index in [-0.39, 0.29) is 12.1 Å². The number of carbonyl (C=O) groups is 1. The summed E-state index contributed by atoms with van der Waals surface area (Å²) in [5, 5.41) is 11.8. The van der Waals surface area contributed by atoms with Crippen molar-refractivity contribution in [2.75, 3.05) is 11.9 Å². The number of aryl methyl sites for hydroxylation is 3. The lowest BCUT2D eigenvalue weighted by Gasteiger charge is -2.25. The summed E-state index contributed by atoms with van der Waals surface area (Å²) in [6.07, 6.45) is 1.86. The van der Waals surface area contributed by atoms with Crippen LogP contribution in [0.25, 0.3) is 0 Å². The molecule has 1 aliphatic rings. The van der Waals surface area contributed by atoms with Crippen LogP contribution in [-0.2, 0) is 6.54 Å². The first kappa shape index (κ1) is 19.2. The van der Waals surface area contributed by atoms with Gasteiger partial charge in [0, 0.05) is 12.2 Å². The highest BCUT2D eigenvalue weighted by atomic mass is 16.2. The molecule has 3 aromatic rings. The van der Waals surface area contributed by atoms with Crippen molar-refractivity contribution in [3.63, 3.8) is 0 Å². The first-order chi connectivity index (χ1) is 14.0. The number of nitrogens with zero attached hydrogens (tertiary/aromatic N) is 4. The fraction of sp³-hybridized carbons (Fsp3) is 0.348. The second-order valence-electron chi connectivity index (χ2n) is 7.82. The van der Waals surface area contributed by atoms with Crippen LogP contribution in [0.5, 0.6) is 0 Å². The summed E-state index contributed by atoms with van der Waals surface area (Å²) in [5.74, 6) is 1.73. The maximum absolute atomic E-state index is 13.0. The Labute approximate surface area is 171 Å². The molecule has 150 valence electrons. The van der Waals surface area contributed by atoms with Crippen LogP contribution in [0.1, 0.15) is 47.2 Å². The summed E-state index contributed by atoms with van der Waals surface area (Å²) in [6.45, 7) is 7.52.